The second-order valence-corrected chi connectivity index (χ2v) is 4.52. The third kappa shape index (κ3) is 2.11. The van der Waals surface area contributed by atoms with Crippen LogP contribution in [0.25, 0.3) is 0 Å². The first kappa shape index (κ1) is 11.2. The van der Waals surface area contributed by atoms with Crippen LogP contribution in [0.5, 0.6) is 0 Å². The zero-order valence-corrected chi connectivity index (χ0v) is 10.9. The van der Waals surface area contributed by atoms with Gasteiger partial charge >= 0.3 is 0 Å². The smallest absolute Gasteiger partial charge is 0.159 e. The van der Waals surface area contributed by atoms with Gasteiger partial charge in [-0.15, -0.1) is 0 Å². The first-order valence-electron chi connectivity index (χ1n) is 5.10. The Hall–Kier alpha value is -1.30. The molecule has 0 unspecified atom stereocenters. The van der Waals surface area contributed by atoms with Crippen molar-refractivity contribution in [3.63, 3.8) is 0 Å². The summed E-state index contributed by atoms with van der Waals surface area (Å²) in [6, 6.07) is 2.09. The molecule has 0 saturated heterocycles. The van der Waals surface area contributed by atoms with Crippen LogP contribution in [-0.4, -0.2) is 19.6 Å². The fraction of sp³-hybridized carbons (Fsp3) is 0.400. The second-order valence-electron chi connectivity index (χ2n) is 3.66. The number of rotatable bonds is 3. The molecule has 0 saturated carbocycles. The molecule has 2 aromatic rings. The van der Waals surface area contributed by atoms with Gasteiger partial charge in [-0.3, -0.25) is 9.36 Å². The number of hydrogen-bond acceptors (Lipinski definition) is 3. The number of aromatic nitrogens is 4. The summed E-state index contributed by atoms with van der Waals surface area (Å²) >= 11 is 3.34. The van der Waals surface area contributed by atoms with Crippen molar-refractivity contribution >= 4 is 21.7 Å². The van der Waals surface area contributed by atoms with Crippen LogP contribution in [0.4, 0.5) is 5.82 Å². The van der Waals surface area contributed by atoms with Gasteiger partial charge in [-0.1, -0.05) is 6.92 Å². The minimum atomic E-state index is 0.512. The van der Waals surface area contributed by atoms with Crippen LogP contribution in [-0.2, 0) is 20.0 Å². The number of nitrogen functional groups attached to an aromatic ring is 1. The highest BCUT2D eigenvalue weighted by molar-refractivity contribution is 9.10. The van der Waals surface area contributed by atoms with Crippen LogP contribution in [0.3, 0.4) is 0 Å². The van der Waals surface area contributed by atoms with Gasteiger partial charge in [0.1, 0.15) is 0 Å². The molecule has 2 heterocycles. The van der Waals surface area contributed by atoms with Gasteiger partial charge in [0.25, 0.3) is 0 Å². The summed E-state index contributed by atoms with van der Waals surface area (Å²) in [5.74, 6) is 0.512. The Labute approximate surface area is 102 Å². The lowest BCUT2D eigenvalue weighted by Gasteiger charge is -2.01. The van der Waals surface area contributed by atoms with Gasteiger partial charge in [0.2, 0.25) is 0 Å². The average molecular weight is 284 g/mol. The number of halogens is 1. The van der Waals surface area contributed by atoms with Gasteiger partial charge in [0.05, 0.1) is 22.4 Å². The first-order chi connectivity index (χ1) is 7.60. The van der Waals surface area contributed by atoms with E-state index in [0.717, 1.165) is 22.3 Å². The summed E-state index contributed by atoms with van der Waals surface area (Å²) in [5.41, 5.74) is 7.87. The molecule has 2 N–H and O–H groups in total. The van der Waals surface area contributed by atoms with Crippen molar-refractivity contribution in [1.82, 2.24) is 19.6 Å². The molecule has 0 aromatic carbocycles. The van der Waals surface area contributed by atoms with E-state index in [9.17, 15) is 0 Å². The number of anilines is 1. The summed E-state index contributed by atoms with van der Waals surface area (Å²) in [6.45, 7) is 2.77. The summed E-state index contributed by atoms with van der Waals surface area (Å²) in [4.78, 5) is 0. The molecule has 0 amide bonds. The predicted molar refractivity (Wildman–Crippen MR) is 66.0 cm³/mol. The lowest BCUT2D eigenvalue weighted by Crippen LogP contribution is -2.06. The molecule has 0 aliphatic rings. The number of hydrogen-bond donors (Lipinski definition) is 1. The summed E-state index contributed by atoms with van der Waals surface area (Å²) in [6.07, 6.45) is 2.81. The molecule has 0 fully saturated rings. The van der Waals surface area contributed by atoms with Crippen LogP contribution in [0.15, 0.2) is 16.7 Å². The minimum absolute atomic E-state index is 0.512. The molecule has 0 spiro atoms. The van der Waals surface area contributed by atoms with Crippen molar-refractivity contribution in [1.29, 1.82) is 0 Å². The molecule has 2 rings (SSSR count). The average Bonchev–Trinajstić information content (AvgIpc) is 2.73. The molecule has 5 nitrogen and oxygen atoms in total. The van der Waals surface area contributed by atoms with E-state index in [0.29, 0.717) is 12.4 Å². The Bertz CT molecular complexity index is 480. The van der Waals surface area contributed by atoms with Gasteiger partial charge < -0.3 is 5.73 Å². The lowest BCUT2D eigenvalue weighted by atomic mass is 10.3. The van der Waals surface area contributed by atoms with Crippen molar-refractivity contribution in [3.05, 3.63) is 28.1 Å². The molecular weight excluding hydrogens is 270 g/mol. The van der Waals surface area contributed by atoms with Gasteiger partial charge in [-0.05, 0) is 28.4 Å². The fourth-order valence-corrected chi connectivity index (χ4v) is 1.87. The van der Waals surface area contributed by atoms with E-state index in [-0.39, 0.29) is 0 Å². The third-order valence-corrected chi connectivity index (χ3v) is 3.07. The van der Waals surface area contributed by atoms with E-state index in [2.05, 4.69) is 39.1 Å². The molecule has 6 heteroatoms. The van der Waals surface area contributed by atoms with E-state index in [1.165, 1.54) is 0 Å². The minimum Gasteiger partial charge on any atom is -0.381 e. The third-order valence-electron chi connectivity index (χ3n) is 2.46. The quantitative estimate of drug-likeness (QED) is 0.930. The van der Waals surface area contributed by atoms with E-state index >= 15 is 0 Å². The molecule has 0 bridgehead atoms. The van der Waals surface area contributed by atoms with Gasteiger partial charge in [-0.25, -0.2) is 0 Å². The number of aryl methyl sites for hydroxylation is 2. The molecule has 0 aliphatic heterocycles. The molecule has 86 valence electrons. The highest BCUT2D eigenvalue weighted by atomic mass is 79.9. The van der Waals surface area contributed by atoms with E-state index in [1.807, 2.05) is 17.9 Å². The van der Waals surface area contributed by atoms with E-state index in [4.69, 9.17) is 5.73 Å². The molecule has 0 atom stereocenters. The Morgan fingerprint density at radius 1 is 1.44 bits per heavy atom. The molecule has 0 radical (unpaired) electrons. The molecule has 0 aliphatic carbocycles. The van der Waals surface area contributed by atoms with Gasteiger partial charge in [0.15, 0.2) is 5.82 Å². The maximum atomic E-state index is 5.66. The lowest BCUT2D eigenvalue weighted by molar-refractivity contribution is 0.619. The second kappa shape index (κ2) is 4.29. The van der Waals surface area contributed by atoms with Crippen molar-refractivity contribution in [2.45, 2.75) is 19.9 Å². The molecular formula is C10H14BrN5. The van der Waals surface area contributed by atoms with Crippen LogP contribution in [0.2, 0.25) is 0 Å². The van der Waals surface area contributed by atoms with Crippen LogP contribution >= 0.6 is 15.9 Å². The summed E-state index contributed by atoms with van der Waals surface area (Å²) in [7, 11) is 1.94. The Morgan fingerprint density at radius 2 is 2.19 bits per heavy atom. The predicted octanol–water partition coefficient (Wildman–Crippen LogP) is 1.57. The van der Waals surface area contributed by atoms with Crippen LogP contribution < -0.4 is 5.73 Å². The van der Waals surface area contributed by atoms with Crippen LogP contribution in [0, 0.1) is 0 Å². The van der Waals surface area contributed by atoms with Crippen molar-refractivity contribution in [3.8, 4) is 0 Å². The van der Waals surface area contributed by atoms with E-state index < -0.39 is 0 Å². The van der Waals surface area contributed by atoms with Gasteiger partial charge in [0, 0.05) is 13.2 Å². The summed E-state index contributed by atoms with van der Waals surface area (Å²) < 4.78 is 4.51. The zero-order valence-electron chi connectivity index (χ0n) is 9.31. The Balaban J connectivity index is 2.23. The maximum absolute atomic E-state index is 5.66. The highest BCUT2D eigenvalue weighted by Crippen LogP contribution is 2.17. The van der Waals surface area contributed by atoms with Crippen molar-refractivity contribution in [2.75, 3.05) is 5.73 Å². The summed E-state index contributed by atoms with van der Waals surface area (Å²) in [5, 5.41) is 8.58. The topological polar surface area (TPSA) is 61.7 Å². The van der Waals surface area contributed by atoms with Gasteiger partial charge in [-0.2, -0.15) is 10.2 Å². The van der Waals surface area contributed by atoms with Crippen molar-refractivity contribution < 1.29 is 0 Å². The Kier molecular flexibility index (Phi) is 3.00. The fourth-order valence-electron chi connectivity index (χ4n) is 1.55. The van der Waals surface area contributed by atoms with E-state index in [1.54, 1.807) is 4.68 Å². The Morgan fingerprint density at radius 3 is 2.69 bits per heavy atom. The molecule has 2 aromatic heterocycles. The first-order valence-corrected chi connectivity index (χ1v) is 5.89. The zero-order chi connectivity index (χ0) is 11.7. The largest absolute Gasteiger partial charge is 0.381 e. The SMILES string of the molecule is CCc1cc(Cn2cc(Br)c(N)n2)n(C)n1. The molecule has 16 heavy (non-hydrogen) atoms. The number of nitrogens with two attached hydrogens (primary N) is 1. The van der Waals surface area contributed by atoms with Crippen molar-refractivity contribution in [2.24, 2.45) is 7.05 Å². The normalized spacial score (nSPS) is 10.9. The monoisotopic (exact) mass is 283 g/mol. The van der Waals surface area contributed by atoms with Crippen LogP contribution in [0.1, 0.15) is 18.3 Å². The maximum Gasteiger partial charge on any atom is 0.159 e. The standard InChI is InChI=1S/C10H14BrN5/c1-3-7-4-8(15(2)13-7)5-16-6-9(11)10(12)14-16/h4,6H,3,5H2,1-2H3,(H2,12,14). The number of nitrogens with zero attached hydrogens (tertiary/aromatic N) is 4. The highest BCUT2D eigenvalue weighted by Gasteiger charge is 2.07.